The molecule has 194 valence electrons. The number of anilines is 2. The zero-order valence-electron chi connectivity index (χ0n) is 19.7. The Kier molecular flexibility index (Phi) is 6.82. The molecule has 1 aromatic heterocycles. The predicted molar refractivity (Wildman–Crippen MR) is 124 cm³/mol. The molecule has 0 spiro atoms. The quantitative estimate of drug-likeness (QED) is 0.222. The number of hydrogen-bond donors (Lipinski definition) is 2. The van der Waals surface area contributed by atoms with Crippen molar-refractivity contribution in [3.8, 4) is 11.5 Å². The number of halogens is 5. The van der Waals surface area contributed by atoms with Crippen LogP contribution in [0.2, 0.25) is 0 Å². The van der Waals surface area contributed by atoms with Crippen LogP contribution in [0.25, 0.3) is 10.9 Å². The van der Waals surface area contributed by atoms with Gasteiger partial charge in [-0.25, -0.2) is 18.7 Å². The van der Waals surface area contributed by atoms with Crippen LogP contribution in [0, 0.1) is 6.92 Å². The van der Waals surface area contributed by atoms with Crippen molar-refractivity contribution in [1.82, 2.24) is 9.97 Å². The van der Waals surface area contributed by atoms with E-state index >= 15 is 0 Å². The number of ether oxygens (including phenoxy) is 3. The first-order chi connectivity index (χ1) is 16.9. The van der Waals surface area contributed by atoms with Crippen molar-refractivity contribution in [1.29, 1.82) is 0 Å². The van der Waals surface area contributed by atoms with Crippen molar-refractivity contribution < 1.29 is 36.2 Å². The standard InChI is InChI=1S/C24H25F5N4O3/c1-12(14-6-15(24(27,28)29)8-16(30)7-14)31-22-17-9-20(35-4-5-36-21-11-23(21,25)26)19(34-3)10-18(17)32-13(2)33-22/h6-10,12,21H,4-5,11,30H2,1-3H3,(H,31,32,33)/t12-,21?/m1/s1. The van der Waals surface area contributed by atoms with Crippen molar-refractivity contribution in [2.24, 2.45) is 0 Å². The number of nitrogens with one attached hydrogen (secondary N) is 1. The van der Waals surface area contributed by atoms with Crippen LogP contribution in [-0.4, -0.2) is 42.3 Å². The fraction of sp³-hybridized carbons (Fsp3) is 0.417. The molecule has 7 nitrogen and oxygen atoms in total. The highest BCUT2D eigenvalue weighted by molar-refractivity contribution is 5.92. The summed E-state index contributed by atoms with van der Waals surface area (Å²) in [6.45, 7) is 3.33. The van der Waals surface area contributed by atoms with E-state index in [1.54, 1.807) is 26.0 Å². The second-order valence-electron chi connectivity index (χ2n) is 8.56. The van der Waals surface area contributed by atoms with Crippen LogP contribution in [0.5, 0.6) is 11.5 Å². The van der Waals surface area contributed by atoms with E-state index in [1.165, 1.54) is 13.2 Å². The van der Waals surface area contributed by atoms with Crippen LogP contribution in [0.1, 0.15) is 36.3 Å². The van der Waals surface area contributed by atoms with Gasteiger partial charge in [0.15, 0.2) is 11.5 Å². The van der Waals surface area contributed by atoms with Crippen molar-refractivity contribution in [3.63, 3.8) is 0 Å². The molecule has 0 bridgehead atoms. The van der Waals surface area contributed by atoms with Gasteiger partial charge in [0.2, 0.25) is 0 Å². The van der Waals surface area contributed by atoms with Gasteiger partial charge >= 0.3 is 6.18 Å². The monoisotopic (exact) mass is 512 g/mol. The maximum absolute atomic E-state index is 13.3. The lowest BCUT2D eigenvalue weighted by molar-refractivity contribution is -0.137. The summed E-state index contributed by atoms with van der Waals surface area (Å²) >= 11 is 0. The molecule has 2 aromatic carbocycles. The molecular formula is C24H25F5N4O3. The van der Waals surface area contributed by atoms with Crippen molar-refractivity contribution >= 4 is 22.4 Å². The first kappa shape index (κ1) is 25.7. The molecule has 3 aromatic rings. The highest BCUT2D eigenvalue weighted by Crippen LogP contribution is 2.44. The van der Waals surface area contributed by atoms with Gasteiger partial charge in [0.1, 0.15) is 24.4 Å². The number of fused-ring (bicyclic) bond motifs is 1. The lowest BCUT2D eigenvalue weighted by Crippen LogP contribution is -2.13. The summed E-state index contributed by atoms with van der Waals surface area (Å²) in [5.74, 6) is -1.32. The van der Waals surface area contributed by atoms with Gasteiger partial charge in [0, 0.05) is 23.6 Å². The number of benzene rings is 2. The highest BCUT2D eigenvalue weighted by atomic mass is 19.4. The van der Waals surface area contributed by atoms with E-state index < -0.39 is 29.8 Å². The van der Waals surface area contributed by atoms with E-state index in [0.29, 0.717) is 39.6 Å². The summed E-state index contributed by atoms with van der Waals surface area (Å²) in [5, 5.41) is 3.66. The summed E-state index contributed by atoms with van der Waals surface area (Å²) in [7, 11) is 1.45. The Morgan fingerprint density at radius 1 is 1.11 bits per heavy atom. The fourth-order valence-corrected chi connectivity index (χ4v) is 3.72. The van der Waals surface area contributed by atoms with E-state index in [0.717, 1.165) is 12.1 Å². The first-order valence-corrected chi connectivity index (χ1v) is 11.1. The minimum Gasteiger partial charge on any atom is -0.493 e. The second kappa shape index (κ2) is 9.57. The van der Waals surface area contributed by atoms with Crippen LogP contribution in [-0.2, 0) is 10.9 Å². The molecule has 3 N–H and O–H groups in total. The summed E-state index contributed by atoms with van der Waals surface area (Å²) in [6, 6.07) is 6.04. The van der Waals surface area contributed by atoms with Gasteiger partial charge in [0.05, 0.1) is 30.8 Å². The third-order valence-electron chi connectivity index (χ3n) is 5.68. The maximum Gasteiger partial charge on any atom is 0.416 e. The minimum absolute atomic E-state index is 0.00381. The Hall–Kier alpha value is -3.41. The molecule has 0 saturated heterocycles. The number of hydrogen-bond acceptors (Lipinski definition) is 7. The van der Waals surface area contributed by atoms with E-state index in [2.05, 4.69) is 15.3 Å². The number of aryl methyl sites for hydroxylation is 1. The van der Waals surface area contributed by atoms with Crippen LogP contribution in [0.3, 0.4) is 0 Å². The third-order valence-corrected chi connectivity index (χ3v) is 5.68. The van der Waals surface area contributed by atoms with Crippen molar-refractivity contribution in [2.75, 3.05) is 31.4 Å². The van der Waals surface area contributed by atoms with E-state index in [1.807, 2.05) is 0 Å². The van der Waals surface area contributed by atoms with E-state index in [4.69, 9.17) is 19.9 Å². The summed E-state index contributed by atoms with van der Waals surface area (Å²) in [6.07, 6.45) is -5.92. The molecule has 0 aliphatic heterocycles. The average Bonchev–Trinajstić information content (AvgIpc) is 3.41. The van der Waals surface area contributed by atoms with Crippen LogP contribution in [0.15, 0.2) is 30.3 Å². The van der Waals surface area contributed by atoms with Gasteiger partial charge in [-0.2, -0.15) is 13.2 Å². The molecule has 1 heterocycles. The van der Waals surface area contributed by atoms with Gasteiger partial charge in [-0.3, -0.25) is 0 Å². The Labute approximate surface area is 203 Å². The second-order valence-corrected chi connectivity index (χ2v) is 8.56. The number of nitrogens with two attached hydrogens (primary N) is 1. The number of aromatic nitrogens is 2. The summed E-state index contributed by atoms with van der Waals surface area (Å²) in [5.41, 5.74) is 5.69. The molecule has 36 heavy (non-hydrogen) atoms. The number of alkyl halides is 5. The van der Waals surface area contributed by atoms with Crippen molar-refractivity contribution in [2.45, 2.75) is 44.5 Å². The van der Waals surface area contributed by atoms with E-state index in [-0.39, 0.29) is 25.3 Å². The number of nitrogen functional groups attached to an aromatic ring is 1. The predicted octanol–water partition coefficient (Wildman–Crippen LogP) is 5.52. The smallest absolute Gasteiger partial charge is 0.416 e. The topological polar surface area (TPSA) is 91.5 Å². The molecule has 0 radical (unpaired) electrons. The average molecular weight is 512 g/mol. The molecule has 1 aliphatic rings. The first-order valence-electron chi connectivity index (χ1n) is 11.1. The molecule has 12 heteroatoms. The zero-order valence-corrected chi connectivity index (χ0v) is 19.7. The SMILES string of the molecule is COc1cc2nc(C)nc(N[C@H](C)c3cc(N)cc(C(F)(F)F)c3)c2cc1OCCOC1CC1(F)F. The lowest BCUT2D eigenvalue weighted by Gasteiger charge is -2.20. The Bertz CT molecular complexity index is 1270. The molecule has 2 atom stereocenters. The maximum atomic E-state index is 13.3. The van der Waals surface area contributed by atoms with Gasteiger partial charge in [-0.05, 0) is 43.7 Å². The largest absolute Gasteiger partial charge is 0.493 e. The third kappa shape index (κ3) is 5.69. The molecule has 1 unspecified atom stereocenters. The summed E-state index contributed by atoms with van der Waals surface area (Å²) < 4.78 is 81.9. The van der Waals surface area contributed by atoms with Crippen LogP contribution < -0.4 is 20.5 Å². The summed E-state index contributed by atoms with van der Waals surface area (Å²) in [4.78, 5) is 8.83. The Morgan fingerprint density at radius 2 is 1.83 bits per heavy atom. The molecule has 4 rings (SSSR count). The minimum atomic E-state index is -4.54. The van der Waals surface area contributed by atoms with Crippen LogP contribution in [0.4, 0.5) is 33.5 Å². The van der Waals surface area contributed by atoms with Gasteiger partial charge in [-0.15, -0.1) is 0 Å². The zero-order chi connectivity index (χ0) is 26.3. The normalized spacial score (nSPS) is 17.6. The number of nitrogens with zero attached hydrogens (tertiary/aromatic N) is 2. The highest BCUT2D eigenvalue weighted by Gasteiger charge is 2.58. The molecular weight excluding hydrogens is 487 g/mol. The van der Waals surface area contributed by atoms with E-state index in [9.17, 15) is 22.0 Å². The van der Waals surface area contributed by atoms with Gasteiger partial charge in [0.25, 0.3) is 5.92 Å². The molecule has 1 saturated carbocycles. The van der Waals surface area contributed by atoms with Gasteiger partial charge < -0.3 is 25.3 Å². The molecule has 0 amide bonds. The molecule has 1 fully saturated rings. The molecule has 1 aliphatic carbocycles. The number of methoxy groups -OCH3 is 1. The lowest BCUT2D eigenvalue weighted by atomic mass is 10.0. The van der Waals surface area contributed by atoms with Crippen LogP contribution >= 0.6 is 0 Å². The Morgan fingerprint density at radius 3 is 2.47 bits per heavy atom. The van der Waals surface area contributed by atoms with Crippen molar-refractivity contribution in [3.05, 3.63) is 47.3 Å². The Balaban J connectivity index is 1.59. The fourth-order valence-electron chi connectivity index (χ4n) is 3.72. The van der Waals surface area contributed by atoms with Gasteiger partial charge in [-0.1, -0.05) is 0 Å². The number of rotatable bonds is 9.